The van der Waals surface area contributed by atoms with Crippen molar-refractivity contribution in [2.45, 2.75) is 9.24 Å². The molecular formula is C12H8N2S3. The van der Waals surface area contributed by atoms with Crippen molar-refractivity contribution in [3.05, 3.63) is 48.0 Å². The lowest BCUT2D eigenvalue weighted by Crippen LogP contribution is -1.73. The van der Waals surface area contributed by atoms with Crippen molar-refractivity contribution in [3.63, 3.8) is 0 Å². The molecule has 0 radical (unpaired) electrons. The molecule has 0 N–H and O–H groups in total. The zero-order valence-corrected chi connectivity index (χ0v) is 11.2. The van der Waals surface area contributed by atoms with Crippen LogP contribution in [0.4, 0.5) is 0 Å². The Labute approximate surface area is 111 Å². The second kappa shape index (κ2) is 5.08. The summed E-state index contributed by atoms with van der Waals surface area (Å²) in [6.07, 6.45) is 0. The highest BCUT2D eigenvalue weighted by Crippen LogP contribution is 2.38. The molecule has 2 nitrogen and oxygen atoms in total. The van der Waals surface area contributed by atoms with Gasteiger partial charge in [-0.15, -0.1) is 10.2 Å². The van der Waals surface area contributed by atoms with Gasteiger partial charge in [0.1, 0.15) is 5.51 Å². The number of nitrogens with zero attached hydrogens (tertiary/aromatic N) is 2. The molecular weight excluding hydrogens is 268 g/mol. The van der Waals surface area contributed by atoms with Crippen LogP contribution in [0.5, 0.6) is 0 Å². The lowest BCUT2D eigenvalue weighted by atomic mass is 10.1. The summed E-state index contributed by atoms with van der Waals surface area (Å²) >= 11 is 1.57. The van der Waals surface area contributed by atoms with E-state index in [1.807, 2.05) is 0 Å². The molecule has 3 aromatic rings. The van der Waals surface area contributed by atoms with Gasteiger partial charge in [0.2, 0.25) is 0 Å². The summed E-state index contributed by atoms with van der Waals surface area (Å²) < 4.78 is 0.989. The van der Waals surface area contributed by atoms with Crippen LogP contribution >= 0.6 is 32.9 Å². The molecule has 0 saturated heterocycles. The van der Waals surface area contributed by atoms with E-state index in [1.54, 1.807) is 38.4 Å². The minimum atomic E-state index is 0.989. The van der Waals surface area contributed by atoms with Crippen LogP contribution in [0, 0.1) is 0 Å². The monoisotopic (exact) mass is 276 g/mol. The van der Waals surface area contributed by atoms with Crippen LogP contribution in [-0.4, -0.2) is 10.2 Å². The van der Waals surface area contributed by atoms with Gasteiger partial charge in [-0.1, -0.05) is 52.5 Å². The summed E-state index contributed by atoms with van der Waals surface area (Å²) in [7, 11) is 3.37. The second-order valence-corrected chi connectivity index (χ2v) is 6.66. The van der Waals surface area contributed by atoms with Crippen molar-refractivity contribution >= 4 is 43.7 Å². The van der Waals surface area contributed by atoms with E-state index in [9.17, 15) is 0 Å². The highest BCUT2D eigenvalue weighted by atomic mass is 33.1. The summed E-state index contributed by atoms with van der Waals surface area (Å²) in [5.41, 5.74) is 1.75. The number of hydrogen-bond donors (Lipinski definition) is 0. The van der Waals surface area contributed by atoms with Crippen LogP contribution < -0.4 is 0 Å². The third-order valence-corrected chi connectivity index (χ3v) is 5.66. The fraction of sp³-hybridized carbons (Fsp3) is 0. The van der Waals surface area contributed by atoms with Gasteiger partial charge in [-0.05, 0) is 33.7 Å². The summed E-state index contributed by atoms with van der Waals surface area (Å²) in [4.78, 5) is 1.24. The average molecular weight is 276 g/mol. The van der Waals surface area contributed by atoms with E-state index in [-0.39, 0.29) is 0 Å². The number of fused-ring (bicyclic) bond motifs is 1. The van der Waals surface area contributed by atoms with Crippen LogP contribution in [0.1, 0.15) is 0 Å². The maximum absolute atomic E-state index is 4.00. The first-order valence-corrected chi connectivity index (χ1v) is 8.04. The molecule has 17 heavy (non-hydrogen) atoms. The van der Waals surface area contributed by atoms with Gasteiger partial charge < -0.3 is 0 Å². The highest BCUT2D eigenvalue weighted by Gasteiger charge is 2.01. The first-order valence-electron chi connectivity index (χ1n) is 5.01. The topological polar surface area (TPSA) is 25.8 Å². The van der Waals surface area contributed by atoms with Gasteiger partial charge in [-0.3, -0.25) is 0 Å². The Balaban J connectivity index is 1.81. The van der Waals surface area contributed by atoms with E-state index in [1.165, 1.54) is 15.7 Å². The zero-order chi connectivity index (χ0) is 11.5. The Hall–Kier alpha value is -1.04. The Morgan fingerprint density at radius 2 is 1.82 bits per heavy atom. The van der Waals surface area contributed by atoms with E-state index < -0.39 is 0 Å². The second-order valence-electron chi connectivity index (χ2n) is 3.38. The standard InChI is InChI=1S/C12H8N2S3/c1-2-4-10-7-11(6-5-9(10)3-1)16-17-12-14-13-8-15-12/h1-8H. The van der Waals surface area contributed by atoms with Crippen LogP contribution in [0.15, 0.2) is 57.2 Å². The van der Waals surface area contributed by atoms with E-state index >= 15 is 0 Å². The van der Waals surface area contributed by atoms with Crippen LogP contribution in [-0.2, 0) is 0 Å². The van der Waals surface area contributed by atoms with E-state index in [4.69, 9.17) is 0 Å². The van der Waals surface area contributed by atoms with Crippen LogP contribution in [0.3, 0.4) is 0 Å². The number of benzene rings is 2. The molecule has 0 atom stereocenters. The largest absolute Gasteiger partial charge is 0.184 e. The number of rotatable bonds is 3. The van der Waals surface area contributed by atoms with Crippen LogP contribution in [0.2, 0.25) is 0 Å². The minimum absolute atomic E-state index is 0.989. The fourth-order valence-corrected chi connectivity index (χ4v) is 4.19. The molecule has 0 bridgehead atoms. The predicted octanol–water partition coefficient (Wildman–Crippen LogP) is 4.49. The Morgan fingerprint density at radius 1 is 0.941 bits per heavy atom. The molecule has 0 saturated carbocycles. The maximum Gasteiger partial charge on any atom is 0.184 e. The van der Waals surface area contributed by atoms with Crippen LogP contribution in [0.25, 0.3) is 10.8 Å². The van der Waals surface area contributed by atoms with Crippen molar-refractivity contribution in [3.8, 4) is 0 Å². The summed E-state index contributed by atoms with van der Waals surface area (Å²) in [6.45, 7) is 0. The Morgan fingerprint density at radius 3 is 2.65 bits per heavy atom. The third-order valence-electron chi connectivity index (χ3n) is 2.27. The summed E-state index contributed by atoms with van der Waals surface area (Å²) in [5, 5.41) is 10.4. The zero-order valence-electron chi connectivity index (χ0n) is 8.74. The van der Waals surface area contributed by atoms with E-state index in [2.05, 4.69) is 52.7 Å². The molecule has 0 fully saturated rings. The van der Waals surface area contributed by atoms with Gasteiger partial charge in [-0.2, -0.15) is 0 Å². The van der Waals surface area contributed by atoms with Crippen molar-refractivity contribution in [2.75, 3.05) is 0 Å². The molecule has 0 spiro atoms. The Bertz CT molecular complexity index is 622. The molecule has 84 valence electrons. The molecule has 5 heteroatoms. The lowest BCUT2D eigenvalue weighted by molar-refractivity contribution is 1.01. The highest BCUT2D eigenvalue weighted by molar-refractivity contribution is 8.77. The maximum atomic E-state index is 4.00. The van der Waals surface area contributed by atoms with Gasteiger partial charge in [0, 0.05) is 4.90 Å². The molecule has 2 aromatic carbocycles. The van der Waals surface area contributed by atoms with Gasteiger partial charge >= 0.3 is 0 Å². The number of aromatic nitrogens is 2. The average Bonchev–Trinajstić information content (AvgIpc) is 2.89. The Kier molecular flexibility index (Phi) is 3.31. The molecule has 1 heterocycles. The molecule has 3 rings (SSSR count). The fourth-order valence-electron chi connectivity index (χ4n) is 1.50. The number of hydrogen-bond acceptors (Lipinski definition) is 5. The van der Waals surface area contributed by atoms with Crippen molar-refractivity contribution in [1.29, 1.82) is 0 Å². The molecule has 0 aliphatic heterocycles. The quantitative estimate of drug-likeness (QED) is 0.658. The molecule has 0 aliphatic carbocycles. The minimum Gasteiger partial charge on any atom is -0.146 e. The molecule has 0 amide bonds. The molecule has 0 unspecified atom stereocenters. The van der Waals surface area contributed by atoms with Gasteiger partial charge in [0.05, 0.1) is 0 Å². The van der Waals surface area contributed by atoms with Gasteiger partial charge in [0.15, 0.2) is 4.34 Å². The summed E-state index contributed by atoms with van der Waals surface area (Å²) in [5.74, 6) is 0. The van der Waals surface area contributed by atoms with Crippen molar-refractivity contribution in [1.82, 2.24) is 10.2 Å². The predicted molar refractivity (Wildman–Crippen MR) is 75.6 cm³/mol. The first-order chi connectivity index (χ1) is 8.42. The smallest absolute Gasteiger partial charge is 0.146 e. The van der Waals surface area contributed by atoms with Gasteiger partial charge in [0.25, 0.3) is 0 Å². The first kappa shape index (κ1) is 11.1. The molecule has 0 aliphatic rings. The molecule has 1 aromatic heterocycles. The SMILES string of the molecule is c1ccc2cc(SSc3nncs3)ccc2c1. The van der Waals surface area contributed by atoms with E-state index in [0.717, 1.165) is 4.34 Å². The van der Waals surface area contributed by atoms with Crippen molar-refractivity contribution < 1.29 is 0 Å². The normalized spacial score (nSPS) is 10.8. The third kappa shape index (κ3) is 2.62. The van der Waals surface area contributed by atoms with E-state index in [0.29, 0.717) is 0 Å². The van der Waals surface area contributed by atoms with Crippen molar-refractivity contribution in [2.24, 2.45) is 0 Å². The summed E-state index contributed by atoms with van der Waals surface area (Å²) in [6, 6.07) is 14.9. The lowest BCUT2D eigenvalue weighted by Gasteiger charge is -2.01. The van der Waals surface area contributed by atoms with Gasteiger partial charge in [-0.25, -0.2) is 0 Å².